The van der Waals surface area contributed by atoms with Crippen molar-refractivity contribution in [2.45, 2.75) is 70.3 Å². The van der Waals surface area contributed by atoms with Crippen molar-refractivity contribution in [2.24, 2.45) is 0 Å². The number of amides is 1. The van der Waals surface area contributed by atoms with Gasteiger partial charge in [0.15, 0.2) is 0 Å². The molecule has 2 fully saturated rings. The van der Waals surface area contributed by atoms with Gasteiger partial charge >= 0.3 is 0 Å². The van der Waals surface area contributed by atoms with Gasteiger partial charge in [-0.05, 0) is 44.9 Å². The lowest BCUT2D eigenvalue weighted by Crippen LogP contribution is -2.52. The quantitative estimate of drug-likeness (QED) is 0.729. The Morgan fingerprint density at radius 1 is 1.04 bits per heavy atom. The monoisotopic (exact) mass is 369 g/mol. The van der Waals surface area contributed by atoms with Gasteiger partial charge in [-0.3, -0.25) is 14.6 Å². The first-order valence-corrected chi connectivity index (χ1v) is 10.2. The van der Waals surface area contributed by atoms with E-state index < -0.39 is 0 Å². The Balaban J connectivity index is 0.00000225. The van der Waals surface area contributed by atoms with Gasteiger partial charge in [-0.15, -0.1) is 12.4 Å². The number of halogens is 1. The van der Waals surface area contributed by atoms with Gasteiger partial charge in [-0.25, -0.2) is 0 Å². The maximum Gasteiger partial charge on any atom is 0.234 e. The maximum absolute atomic E-state index is 12.2. The number of piperazine rings is 1. The lowest BCUT2D eigenvalue weighted by atomic mass is 9.94. The van der Waals surface area contributed by atoms with Crippen molar-refractivity contribution in [1.82, 2.24) is 15.1 Å². The fourth-order valence-electron chi connectivity index (χ4n) is 4.49. The molecular formula is C20H36ClN3O. The molecular weight excluding hydrogens is 334 g/mol. The predicted octanol–water partition coefficient (Wildman–Crippen LogP) is 3.37. The number of hydrogen-bond acceptors (Lipinski definition) is 3. The molecule has 5 heteroatoms. The molecule has 0 spiro atoms. The van der Waals surface area contributed by atoms with Crippen molar-refractivity contribution < 1.29 is 4.79 Å². The van der Waals surface area contributed by atoms with Crippen LogP contribution in [0.1, 0.15) is 64.2 Å². The summed E-state index contributed by atoms with van der Waals surface area (Å²) in [5.74, 6) is 0.206. The van der Waals surface area contributed by atoms with Crippen molar-refractivity contribution in [3.05, 3.63) is 11.6 Å². The SMILES string of the molecule is Cl.O=C(CN1CCN(C2CCCCC2)CC1)NCCC1=CCCCC1. The summed E-state index contributed by atoms with van der Waals surface area (Å²) in [6.07, 6.45) is 15.6. The van der Waals surface area contributed by atoms with Crippen molar-refractivity contribution in [3.63, 3.8) is 0 Å². The highest BCUT2D eigenvalue weighted by Crippen LogP contribution is 2.23. The van der Waals surface area contributed by atoms with Gasteiger partial charge in [-0.2, -0.15) is 0 Å². The molecule has 0 bridgehead atoms. The highest BCUT2D eigenvalue weighted by Gasteiger charge is 2.25. The van der Waals surface area contributed by atoms with Gasteiger partial charge in [0.05, 0.1) is 6.54 Å². The number of rotatable bonds is 6. The summed E-state index contributed by atoms with van der Waals surface area (Å²) in [7, 11) is 0. The van der Waals surface area contributed by atoms with Crippen LogP contribution < -0.4 is 5.32 Å². The zero-order valence-corrected chi connectivity index (χ0v) is 16.5. The van der Waals surface area contributed by atoms with Crippen LogP contribution in [0.15, 0.2) is 11.6 Å². The molecule has 0 atom stereocenters. The highest BCUT2D eigenvalue weighted by atomic mass is 35.5. The summed E-state index contributed by atoms with van der Waals surface area (Å²) in [6, 6.07) is 0.818. The molecule has 1 amide bonds. The van der Waals surface area contributed by atoms with E-state index in [2.05, 4.69) is 21.2 Å². The van der Waals surface area contributed by atoms with E-state index in [0.29, 0.717) is 6.54 Å². The molecule has 0 aromatic heterocycles. The molecule has 3 rings (SSSR count). The molecule has 2 aliphatic carbocycles. The Kier molecular flexibility index (Phi) is 9.29. The van der Waals surface area contributed by atoms with E-state index in [9.17, 15) is 4.79 Å². The molecule has 0 unspecified atom stereocenters. The first kappa shape index (κ1) is 20.7. The van der Waals surface area contributed by atoms with E-state index in [1.54, 1.807) is 5.57 Å². The smallest absolute Gasteiger partial charge is 0.234 e. The summed E-state index contributed by atoms with van der Waals surface area (Å²) < 4.78 is 0. The average Bonchev–Trinajstić information content (AvgIpc) is 2.64. The average molecular weight is 370 g/mol. The lowest BCUT2D eigenvalue weighted by Gasteiger charge is -2.40. The molecule has 144 valence electrons. The molecule has 1 saturated carbocycles. The summed E-state index contributed by atoms with van der Waals surface area (Å²) in [5, 5.41) is 3.12. The van der Waals surface area contributed by atoms with Crippen LogP contribution in [0.3, 0.4) is 0 Å². The molecule has 0 radical (unpaired) electrons. The second-order valence-corrected chi connectivity index (χ2v) is 7.81. The second-order valence-electron chi connectivity index (χ2n) is 7.81. The van der Waals surface area contributed by atoms with Gasteiger partial charge < -0.3 is 5.32 Å². The van der Waals surface area contributed by atoms with Crippen LogP contribution in [0.25, 0.3) is 0 Å². The Morgan fingerprint density at radius 3 is 2.48 bits per heavy atom. The van der Waals surface area contributed by atoms with E-state index in [1.807, 2.05) is 0 Å². The van der Waals surface area contributed by atoms with Gasteiger partial charge in [0.25, 0.3) is 0 Å². The standard InChI is InChI=1S/C20H35N3O.ClH/c24-20(21-12-11-18-7-3-1-4-8-18)17-22-13-15-23(16-14-22)19-9-5-2-6-10-19;/h7,19H,1-6,8-17H2,(H,21,24);1H. The van der Waals surface area contributed by atoms with Gasteiger partial charge in [0.1, 0.15) is 0 Å². The molecule has 0 aromatic rings. The van der Waals surface area contributed by atoms with E-state index in [4.69, 9.17) is 0 Å². The predicted molar refractivity (Wildman–Crippen MR) is 106 cm³/mol. The first-order chi connectivity index (χ1) is 11.8. The molecule has 0 aromatic carbocycles. The van der Waals surface area contributed by atoms with Crippen LogP contribution in [0.5, 0.6) is 0 Å². The van der Waals surface area contributed by atoms with Crippen molar-refractivity contribution in [3.8, 4) is 0 Å². The van der Waals surface area contributed by atoms with Crippen molar-refractivity contribution >= 4 is 18.3 Å². The third kappa shape index (κ3) is 6.92. The summed E-state index contributed by atoms with van der Waals surface area (Å²) in [6.45, 7) is 5.78. The zero-order valence-electron chi connectivity index (χ0n) is 15.7. The van der Waals surface area contributed by atoms with E-state index in [-0.39, 0.29) is 18.3 Å². The minimum absolute atomic E-state index is 0. The third-order valence-electron chi connectivity index (χ3n) is 6.02. The Bertz CT molecular complexity index is 427. The molecule has 3 aliphatic rings. The molecule has 1 N–H and O–H groups in total. The molecule has 1 aliphatic heterocycles. The molecule has 1 saturated heterocycles. The minimum Gasteiger partial charge on any atom is -0.355 e. The van der Waals surface area contributed by atoms with Crippen LogP contribution in [-0.4, -0.2) is 61.0 Å². The number of nitrogens with zero attached hydrogens (tertiary/aromatic N) is 2. The molecule has 4 nitrogen and oxygen atoms in total. The zero-order chi connectivity index (χ0) is 16.6. The highest BCUT2D eigenvalue weighted by molar-refractivity contribution is 5.85. The van der Waals surface area contributed by atoms with Crippen molar-refractivity contribution in [1.29, 1.82) is 0 Å². The minimum atomic E-state index is 0. The second kappa shape index (κ2) is 11.2. The summed E-state index contributed by atoms with van der Waals surface area (Å²) in [4.78, 5) is 17.1. The van der Waals surface area contributed by atoms with Crippen LogP contribution in [-0.2, 0) is 4.79 Å². The molecule has 25 heavy (non-hydrogen) atoms. The first-order valence-electron chi connectivity index (χ1n) is 10.2. The van der Waals surface area contributed by atoms with Gasteiger partial charge in [0, 0.05) is 38.8 Å². The van der Waals surface area contributed by atoms with Crippen molar-refractivity contribution in [2.75, 3.05) is 39.3 Å². The van der Waals surface area contributed by atoms with Crippen LogP contribution in [0.4, 0.5) is 0 Å². The Hall–Kier alpha value is -0.580. The Morgan fingerprint density at radius 2 is 1.80 bits per heavy atom. The van der Waals surface area contributed by atoms with E-state index >= 15 is 0 Å². The number of allylic oxidation sites excluding steroid dienone is 1. The third-order valence-corrected chi connectivity index (χ3v) is 6.02. The normalized spacial score (nSPS) is 23.6. The molecule has 1 heterocycles. The fraction of sp³-hybridized carbons (Fsp3) is 0.850. The van der Waals surface area contributed by atoms with Crippen LogP contribution >= 0.6 is 12.4 Å². The fourth-order valence-corrected chi connectivity index (χ4v) is 4.49. The van der Waals surface area contributed by atoms with E-state index in [0.717, 1.165) is 45.2 Å². The summed E-state index contributed by atoms with van der Waals surface area (Å²) in [5.41, 5.74) is 1.54. The number of nitrogens with one attached hydrogen (secondary N) is 1. The van der Waals surface area contributed by atoms with E-state index in [1.165, 1.54) is 57.8 Å². The lowest BCUT2D eigenvalue weighted by molar-refractivity contribution is -0.122. The largest absolute Gasteiger partial charge is 0.355 e. The maximum atomic E-state index is 12.2. The van der Waals surface area contributed by atoms with Crippen LogP contribution in [0.2, 0.25) is 0 Å². The number of carbonyl (C=O) groups is 1. The summed E-state index contributed by atoms with van der Waals surface area (Å²) >= 11 is 0. The Labute approximate surface area is 159 Å². The number of carbonyl (C=O) groups excluding carboxylic acids is 1. The van der Waals surface area contributed by atoms with Gasteiger partial charge in [0.2, 0.25) is 5.91 Å². The van der Waals surface area contributed by atoms with Crippen LogP contribution in [0, 0.1) is 0 Å². The van der Waals surface area contributed by atoms with Gasteiger partial charge in [-0.1, -0.05) is 30.9 Å². The number of hydrogen-bond donors (Lipinski definition) is 1. The topological polar surface area (TPSA) is 35.6 Å².